The Hall–Kier alpha value is -0.0900. The lowest BCUT2D eigenvalue weighted by Crippen LogP contribution is -2.47. The van der Waals surface area contributed by atoms with Crippen molar-refractivity contribution in [3.8, 4) is 0 Å². The summed E-state index contributed by atoms with van der Waals surface area (Å²) in [5, 5.41) is 0. The van der Waals surface area contributed by atoms with Crippen molar-refractivity contribution in [1.29, 1.82) is 0 Å². The highest BCUT2D eigenvalue weighted by atomic mass is 32.2. The van der Waals surface area contributed by atoms with Crippen LogP contribution in [0.1, 0.15) is 59.8 Å². The molecule has 0 saturated heterocycles. The van der Waals surface area contributed by atoms with Crippen molar-refractivity contribution in [1.82, 2.24) is 0 Å². The minimum absolute atomic E-state index is 0.0690. The lowest BCUT2D eigenvalue weighted by atomic mass is 9.61. The van der Waals surface area contributed by atoms with Crippen molar-refractivity contribution in [2.45, 2.75) is 65.9 Å². The first kappa shape index (κ1) is 14.8. The van der Waals surface area contributed by atoms with Gasteiger partial charge in [0, 0.05) is 5.41 Å². The molecule has 0 amide bonds. The summed E-state index contributed by atoms with van der Waals surface area (Å²) < 4.78 is 29.0. The number of hydrogen-bond donors (Lipinski definition) is 0. The maximum Gasteiger partial charge on any atom is 0.264 e. The minimum Gasteiger partial charge on any atom is -0.266 e. The van der Waals surface area contributed by atoms with Gasteiger partial charge in [-0.15, -0.1) is 0 Å². The second kappa shape index (κ2) is 4.01. The van der Waals surface area contributed by atoms with E-state index in [-0.39, 0.29) is 16.9 Å². The zero-order valence-electron chi connectivity index (χ0n) is 13.4. The predicted octanol–water partition coefficient (Wildman–Crippen LogP) is 3.59. The van der Waals surface area contributed by atoms with Gasteiger partial charge in [-0.3, -0.25) is 4.18 Å². The maximum atomic E-state index is 11.7. The van der Waals surface area contributed by atoms with Crippen LogP contribution in [-0.2, 0) is 14.3 Å². The molecule has 0 aromatic rings. The summed E-state index contributed by atoms with van der Waals surface area (Å²) in [6, 6.07) is 0. The molecule has 20 heavy (non-hydrogen) atoms. The molecule has 5 atom stereocenters. The standard InChI is InChI=1S/C16H28O3S/c1-11-6-7-12-14(2,3)10-15(4)9-8-13(16(11,12)15)19-20(5,17)18/h11-13H,6-10H2,1-5H3/t11-,12+,13-,15+,16+/m1/s1. The average molecular weight is 300 g/mol. The van der Waals surface area contributed by atoms with Gasteiger partial charge in [-0.25, -0.2) is 0 Å². The molecular formula is C16H28O3S. The van der Waals surface area contributed by atoms with E-state index in [0.717, 1.165) is 12.8 Å². The number of hydrogen-bond acceptors (Lipinski definition) is 3. The fourth-order valence-corrected chi connectivity index (χ4v) is 7.51. The third kappa shape index (κ3) is 1.70. The quantitative estimate of drug-likeness (QED) is 0.732. The fourth-order valence-electron chi connectivity index (χ4n) is 6.83. The van der Waals surface area contributed by atoms with Gasteiger partial charge in [0.05, 0.1) is 12.4 Å². The third-order valence-electron chi connectivity index (χ3n) is 6.90. The van der Waals surface area contributed by atoms with Crippen LogP contribution < -0.4 is 0 Å². The van der Waals surface area contributed by atoms with Gasteiger partial charge >= 0.3 is 0 Å². The van der Waals surface area contributed by atoms with Crippen molar-refractivity contribution < 1.29 is 12.6 Å². The Bertz CT molecular complexity index is 524. The molecule has 0 heterocycles. The van der Waals surface area contributed by atoms with Crippen LogP contribution in [-0.4, -0.2) is 20.8 Å². The first-order valence-electron chi connectivity index (χ1n) is 7.91. The molecule has 3 aliphatic carbocycles. The van der Waals surface area contributed by atoms with E-state index in [1.54, 1.807) is 0 Å². The van der Waals surface area contributed by atoms with E-state index < -0.39 is 10.1 Å². The maximum absolute atomic E-state index is 11.7. The van der Waals surface area contributed by atoms with Crippen molar-refractivity contribution >= 4 is 10.1 Å². The highest BCUT2D eigenvalue weighted by molar-refractivity contribution is 7.86. The van der Waals surface area contributed by atoms with Crippen molar-refractivity contribution in [3.05, 3.63) is 0 Å². The minimum atomic E-state index is -3.38. The molecule has 3 fully saturated rings. The van der Waals surface area contributed by atoms with Gasteiger partial charge in [0.25, 0.3) is 10.1 Å². The third-order valence-corrected chi connectivity index (χ3v) is 7.48. The summed E-state index contributed by atoms with van der Waals surface area (Å²) in [7, 11) is -3.38. The SMILES string of the molecule is C[C@@H]1CC[C@H]2C(C)(C)C[C@]3(C)CC[C@@H](OS(C)(=O)=O)[C@]123. The highest BCUT2D eigenvalue weighted by Crippen LogP contribution is 2.78. The molecule has 0 aromatic carbocycles. The molecule has 0 radical (unpaired) electrons. The molecule has 0 aromatic heterocycles. The van der Waals surface area contributed by atoms with Crippen molar-refractivity contribution in [3.63, 3.8) is 0 Å². The van der Waals surface area contributed by atoms with E-state index in [9.17, 15) is 8.42 Å². The van der Waals surface area contributed by atoms with Crippen LogP contribution in [0.5, 0.6) is 0 Å². The van der Waals surface area contributed by atoms with Crippen LogP contribution in [0, 0.1) is 28.1 Å². The highest BCUT2D eigenvalue weighted by Gasteiger charge is 2.74. The normalized spacial score (nSPS) is 50.1. The van der Waals surface area contributed by atoms with Crippen molar-refractivity contribution in [2.75, 3.05) is 6.26 Å². The largest absolute Gasteiger partial charge is 0.266 e. The summed E-state index contributed by atoms with van der Waals surface area (Å²) in [5.41, 5.74) is 0.616. The Balaban J connectivity index is 2.10. The van der Waals surface area contributed by atoms with Crippen LogP contribution in [0.3, 0.4) is 0 Å². The summed E-state index contributed by atoms with van der Waals surface area (Å²) in [5.74, 6) is 1.16. The molecule has 0 N–H and O–H groups in total. The monoisotopic (exact) mass is 300 g/mol. The first-order valence-corrected chi connectivity index (χ1v) is 9.73. The van der Waals surface area contributed by atoms with E-state index >= 15 is 0 Å². The molecule has 0 aliphatic heterocycles. The predicted molar refractivity (Wildman–Crippen MR) is 79.8 cm³/mol. The molecule has 3 saturated carbocycles. The van der Waals surface area contributed by atoms with Gasteiger partial charge in [-0.1, -0.05) is 27.7 Å². The van der Waals surface area contributed by atoms with Gasteiger partial charge in [0.1, 0.15) is 0 Å². The Morgan fingerprint density at radius 2 is 1.75 bits per heavy atom. The van der Waals surface area contributed by atoms with Crippen LogP contribution in [0.2, 0.25) is 0 Å². The zero-order valence-corrected chi connectivity index (χ0v) is 14.2. The lowest BCUT2D eigenvalue weighted by molar-refractivity contribution is -0.0356. The zero-order chi connectivity index (χ0) is 15.0. The van der Waals surface area contributed by atoms with E-state index in [2.05, 4.69) is 27.7 Å². The van der Waals surface area contributed by atoms with Gasteiger partial charge in [0.15, 0.2) is 0 Å². The lowest BCUT2D eigenvalue weighted by Gasteiger charge is -2.46. The van der Waals surface area contributed by atoms with Crippen LogP contribution in [0.15, 0.2) is 0 Å². The van der Waals surface area contributed by atoms with E-state index in [1.165, 1.54) is 25.5 Å². The second-order valence-corrected chi connectivity index (χ2v) is 10.1. The van der Waals surface area contributed by atoms with E-state index in [1.807, 2.05) is 0 Å². The van der Waals surface area contributed by atoms with Gasteiger partial charge in [-0.2, -0.15) is 8.42 Å². The molecule has 1 spiro atoms. The fraction of sp³-hybridized carbons (Fsp3) is 1.00. The summed E-state index contributed by atoms with van der Waals surface area (Å²) >= 11 is 0. The van der Waals surface area contributed by atoms with Crippen LogP contribution >= 0.6 is 0 Å². The van der Waals surface area contributed by atoms with Gasteiger partial charge in [0.2, 0.25) is 0 Å². The second-order valence-electron chi connectivity index (χ2n) is 8.52. The van der Waals surface area contributed by atoms with Crippen molar-refractivity contribution in [2.24, 2.45) is 28.1 Å². The molecule has 0 unspecified atom stereocenters. The average Bonchev–Trinajstić information content (AvgIpc) is 2.77. The summed E-state index contributed by atoms with van der Waals surface area (Å²) in [6.45, 7) is 9.46. The Kier molecular flexibility index (Phi) is 2.97. The molecule has 3 nitrogen and oxygen atoms in total. The topological polar surface area (TPSA) is 43.4 Å². The smallest absolute Gasteiger partial charge is 0.264 e. The Morgan fingerprint density at radius 3 is 2.35 bits per heavy atom. The summed E-state index contributed by atoms with van der Waals surface area (Å²) in [4.78, 5) is 0. The van der Waals surface area contributed by atoms with Gasteiger partial charge in [-0.05, 0) is 54.8 Å². The molecule has 4 heteroatoms. The number of rotatable bonds is 2. The van der Waals surface area contributed by atoms with Crippen LogP contribution in [0.25, 0.3) is 0 Å². The first-order chi connectivity index (χ1) is 9.03. The molecular weight excluding hydrogens is 272 g/mol. The summed E-state index contributed by atoms with van der Waals surface area (Å²) in [6.07, 6.45) is 6.76. The van der Waals surface area contributed by atoms with E-state index in [0.29, 0.717) is 17.3 Å². The molecule has 0 bridgehead atoms. The Morgan fingerprint density at radius 1 is 1.10 bits per heavy atom. The Labute approximate surface area is 123 Å². The van der Waals surface area contributed by atoms with Crippen LogP contribution in [0.4, 0.5) is 0 Å². The molecule has 116 valence electrons. The van der Waals surface area contributed by atoms with Gasteiger partial charge < -0.3 is 0 Å². The molecule has 3 aliphatic rings. The van der Waals surface area contributed by atoms with E-state index in [4.69, 9.17) is 4.18 Å². The molecule has 3 rings (SSSR count).